The lowest BCUT2D eigenvalue weighted by Crippen LogP contribution is -2.59. The first-order valence-electron chi connectivity index (χ1n) is 7.58. The van der Waals surface area contributed by atoms with Gasteiger partial charge in [0.15, 0.2) is 6.29 Å². The molecule has 2 fully saturated rings. The highest BCUT2D eigenvalue weighted by Gasteiger charge is 2.57. The van der Waals surface area contributed by atoms with Gasteiger partial charge in [0, 0.05) is 6.42 Å². The minimum absolute atomic E-state index is 0.0573. The van der Waals surface area contributed by atoms with Gasteiger partial charge in [0.25, 0.3) is 0 Å². The lowest BCUT2D eigenvalue weighted by Gasteiger charge is -2.39. The number of hydrogen-bond acceptors (Lipinski definition) is 8. The van der Waals surface area contributed by atoms with Crippen LogP contribution in [-0.4, -0.2) is 87.8 Å². The molecule has 8 heteroatoms. The Morgan fingerprint density at radius 1 is 1.05 bits per heavy atom. The van der Waals surface area contributed by atoms with Crippen LogP contribution in [0.1, 0.15) is 20.3 Å². The van der Waals surface area contributed by atoms with Crippen LogP contribution in [0.25, 0.3) is 0 Å². The number of rotatable bonds is 7. The van der Waals surface area contributed by atoms with Gasteiger partial charge in [0.2, 0.25) is 0 Å². The average Bonchev–Trinajstić information content (AvgIpc) is 3.22. The summed E-state index contributed by atoms with van der Waals surface area (Å²) >= 11 is 0. The SMILES string of the molecule is CC(C)[C@@]1(CCO[C@@H]2O[C@H](CO)[C@@H](O)[C@H](O)[C@H]2O)O[C@H]1CO. The van der Waals surface area contributed by atoms with Crippen molar-refractivity contribution in [2.45, 2.75) is 62.7 Å². The van der Waals surface area contributed by atoms with E-state index in [0.717, 1.165) is 0 Å². The zero-order valence-electron chi connectivity index (χ0n) is 12.8. The second-order valence-electron chi connectivity index (χ2n) is 6.22. The maximum Gasteiger partial charge on any atom is 0.186 e. The summed E-state index contributed by atoms with van der Waals surface area (Å²) < 4.78 is 16.3. The van der Waals surface area contributed by atoms with Gasteiger partial charge in [0.1, 0.15) is 36.1 Å². The van der Waals surface area contributed by atoms with Crippen molar-refractivity contribution in [3.8, 4) is 0 Å². The fourth-order valence-electron chi connectivity index (χ4n) is 2.98. The van der Waals surface area contributed by atoms with Gasteiger partial charge < -0.3 is 39.7 Å². The summed E-state index contributed by atoms with van der Waals surface area (Å²) in [5.74, 6) is 0.197. The molecule has 0 radical (unpaired) electrons. The van der Waals surface area contributed by atoms with E-state index in [4.69, 9.17) is 19.3 Å². The minimum atomic E-state index is -1.45. The number of ether oxygens (including phenoxy) is 3. The van der Waals surface area contributed by atoms with E-state index in [1.165, 1.54) is 0 Å². The molecule has 0 aromatic heterocycles. The Morgan fingerprint density at radius 3 is 2.23 bits per heavy atom. The molecule has 0 aliphatic carbocycles. The fraction of sp³-hybridized carbons (Fsp3) is 1.00. The molecule has 0 bridgehead atoms. The van der Waals surface area contributed by atoms with Crippen molar-refractivity contribution >= 4 is 0 Å². The molecular formula is C14H26O8. The van der Waals surface area contributed by atoms with Gasteiger partial charge in [-0.05, 0) is 5.92 Å². The molecule has 2 aliphatic rings. The van der Waals surface area contributed by atoms with Gasteiger partial charge in [-0.3, -0.25) is 0 Å². The fourth-order valence-corrected chi connectivity index (χ4v) is 2.98. The van der Waals surface area contributed by atoms with E-state index in [0.29, 0.717) is 6.42 Å². The molecule has 2 aliphatic heterocycles. The molecule has 8 nitrogen and oxygen atoms in total. The molecule has 0 amide bonds. The topological polar surface area (TPSA) is 132 Å². The summed E-state index contributed by atoms with van der Waals surface area (Å²) in [5, 5.41) is 47.5. The first-order valence-corrected chi connectivity index (χ1v) is 7.58. The van der Waals surface area contributed by atoms with E-state index in [1.807, 2.05) is 13.8 Å². The first-order chi connectivity index (χ1) is 10.4. The second-order valence-corrected chi connectivity index (χ2v) is 6.22. The minimum Gasteiger partial charge on any atom is -0.394 e. The quantitative estimate of drug-likeness (QED) is 0.339. The summed E-state index contributed by atoms with van der Waals surface area (Å²) in [6, 6.07) is 0. The van der Waals surface area contributed by atoms with Gasteiger partial charge in [-0.25, -0.2) is 0 Å². The standard InChI is InChI=1S/C14H26O8/c1-7(2)14(9(6-16)22-14)3-4-20-13-12(19)11(18)10(17)8(5-15)21-13/h7-13,15-19H,3-6H2,1-2H3/t8-,9+,10-,11+,12-,13-,14-/m1/s1. The van der Waals surface area contributed by atoms with Crippen LogP contribution in [0, 0.1) is 5.92 Å². The van der Waals surface area contributed by atoms with Crippen LogP contribution in [0.3, 0.4) is 0 Å². The Balaban J connectivity index is 1.86. The molecule has 5 N–H and O–H groups in total. The van der Waals surface area contributed by atoms with Crippen molar-refractivity contribution in [2.24, 2.45) is 5.92 Å². The molecular weight excluding hydrogens is 296 g/mol. The van der Waals surface area contributed by atoms with Crippen molar-refractivity contribution in [1.29, 1.82) is 0 Å². The highest BCUT2D eigenvalue weighted by molar-refractivity contribution is 5.04. The van der Waals surface area contributed by atoms with Gasteiger partial charge in [0.05, 0.1) is 19.8 Å². The van der Waals surface area contributed by atoms with Crippen LogP contribution in [0.15, 0.2) is 0 Å². The smallest absolute Gasteiger partial charge is 0.186 e. The molecule has 2 saturated heterocycles. The van der Waals surface area contributed by atoms with E-state index in [1.54, 1.807) is 0 Å². The van der Waals surface area contributed by atoms with Crippen molar-refractivity contribution in [3.63, 3.8) is 0 Å². The lowest BCUT2D eigenvalue weighted by atomic mass is 9.89. The van der Waals surface area contributed by atoms with Crippen LogP contribution >= 0.6 is 0 Å². The summed E-state index contributed by atoms with van der Waals surface area (Å²) in [6.07, 6.45) is -6.07. The van der Waals surface area contributed by atoms with E-state index >= 15 is 0 Å². The van der Waals surface area contributed by atoms with E-state index in [2.05, 4.69) is 0 Å². The van der Waals surface area contributed by atoms with E-state index in [9.17, 15) is 20.4 Å². The number of aliphatic hydroxyl groups is 5. The second kappa shape index (κ2) is 7.06. The van der Waals surface area contributed by atoms with Crippen LogP contribution in [-0.2, 0) is 14.2 Å². The maximum absolute atomic E-state index is 9.86. The Hall–Kier alpha value is -0.320. The molecule has 0 aromatic carbocycles. The third-order valence-corrected chi connectivity index (χ3v) is 4.62. The molecule has 2 heterocycles. The molecule has 2 rings (SSSR count). The predicted molar refractivity (Wildman–Crippen MR) is 73.9 cm³/mol. The summed E-state index contributed by atoms with van der Waals surface area (Å²) in [6.45, 7) is 3.62. The van der Waals surface area contributed by atoms with Gasteiger partial charge >= 0.3 is 0 Å². The van der Waals surface area contributed by atoms with Gasteiger partial charge in [-0.15, -0.1) is 0 Å². The molecule has 0 spiro atoms. The Morgan fingerprint density at radius 2 is 1.73 bits per heavy atom. The molecule has 0 saturated carbocycles. The molecule has 0 unspecified atom stereocenters. The highest BCUT2D eigenvalue weighted by atomic mass is 16.7. The highest BCUT2D eigenvalue weighted by Crippen LogP contribution is 2.45. The monoisotopic (exact) mass is 322 g/mol. The van der Waals surface area contributed by atoms with E-state index in [-0.39, 0.29) is 25.2 Å². The van der Waals surface area contributed by atoms with Crippen LogP contribution in [0.2, 0.25) is 0 Å². The van der Waals surface area contributed by atoms with Crippen molar-refractivity contribution in [3.05, 3.63) is 0 Å². The van der Waals surface area contributed by atoms with Gasteiger partial charge in [-0.2, -0.15) is 0 Å². The van der Waals surface area contributed by atoms with Crippen molar-refractivity contribution in [2.75, 3.05) is 19.8 Å². The van der Waals surface area contributed by atoms with Gasteiger partial charge in [-0.1, -0.05) is 13.8 Å². The Bertz CT molecular complexity index is 363. The summed E-state index contributed by atoms with van der Waals surface area (Å²) in [5.41, 5.74) is -0.442. The molecule has 22 heavy (non-hydrogen) atoms. The normalized spacial score (nSPS) is 45.3. The third kappa shape index (κ3) is 3.29. The van der Waals surface area contributed by atoms with Crippen LogP contribution in [0.5, 0.6) is 0 Å². The summed E-state index contributed by atoms with van der Waals surface area (Å²) in [7, 11) is 0. The number of aliphatic hydroxyl groups excluding tert-OH is 5. The van der Waals surface area contributed by atoms with Crippen LogP contribution < -0.4 is 0 Å². The van der Waals surface area contributed by atoms with Crippen molar-refractivity contribution < 1.29 is 39.7 Å². The zero-order chi connectivity index (χ0) is 16.5. The lowest BCUT2D eigenvalue weighted by molar-refractivity contribution is -0.301. The molecule has 130 valence electrons. The Labute approximate surface area is 129 Å². The number of epoxide rings is 1. The first kappa shape index (κ1) is 18.0. The van der Waals surface area contributed by atoms with Crippen molar-refractivity contribution in [1.82, 2.24) is 0 Å². The Kier molecular flexibility index (Phi) is 5.79. The van der Waals surface area contributed by atoms with E-state index < -0.39 is 42.9 Å². The number of hydrogen-bond donors (Lipinski definition) is 5. The largest absolute Gasteiger partial charge is 0.394 e. The summed E-state index contributed by atoms with van der Waals surface area (Å²) in [4.78, 5) is 0. The average molecular weight is 322 g/mol. The zero-order valence-corrected chi connectivity index (χ0v) is 12.8. The molecule has 7 atom stereocenters. The van der Waals surface area contributed by atoms with Crippen LogP contribution in [0.4, 0.5) is 0 Å². The maximum atomic E-state index is 9.86. The molecule has 0 aromatic rings. The third-order valence-electron chi connectivity index (χ3n) is 4.62. The predicted octanol–water partition coefficient (Wildman–Crippen LogP) is -2.02.